The van der Waals surface area contributed by atoms with Crippen molar-refractivity contribution in [2.24, 2.45) is 18.9 Å². The van der Waals surface area contributed by atoms with E-state index in [1.54, 1.807) is 0 Å². The number of piperidine rings is 1. The first kappa shape index (κ1) is 25.7. The molecule has 0 aromatic carbocycles. The molecule has 1 aromatic rings. The molecule has 4 unspecified atom stereocenters. The van der Waals surface area contributed by atoms with E-state index in [4.69, 9.17) is 4.98 Å². The van der Waals surface area contributed by atoms with Gasteiger partial charge in [-0.05, 0) is 69.7 Å². The zero-order chi connectivity index (χ0) is 25.2. The lowest BCUT2D eigenvalue weighted by Crippen LogP contribution is -2.46. The standard InChI is InChI=1S/C28H45N5O3/c1-17-10-12-18(13-11-17)25-24(28(35)36)32-26(33(25)2)22(16-20-8-5-6-14-29-20)31-27(34)23-15-19-7-3-4-9-21(19)30-23/h17-23,29-30H,3-16H2,1-2H3,(H,31,34)(H,35,36)/t17?,18?,19?,20?,21?,22-,23?/m0/s1. The van der Waals surface area contributed by atoms with E-state index >= 15 is 0 Å². The molecule has 0 radical (unpaired) electrons. The molecule has 5 atom stereocenters. The first-order valence-corrected chi connectivity index (χ1v) is 14.5. The van der Waals surface area contributed by atoms with Gasteiger partial charge in [-0.15, -0.1) is 0 Å². The lowest BCUT2D eigenvalue weighted by atomic mass is 9.81. The molecule has 2 aliphatic heterocycles. The van der Waals surface area contributed by atoms with Crippen molar-refractivity contribution < 1.29 is 14.7 Å². The van der Waals surface area contributed by atoms with Crippen LogP contribution in [0.5, 0.6) is 0 Å². The summed E-state index contributed by atoms with van der Waals surface area (Å²) in [7, 11) is 1.96. The monoisotopic (exact) mass is 499 g/mol. The molecule has 2 aliphatic carbocycles. The number of carbonyl (C=O) groups excluding carboxylic acids is 1. The Hall–Kier alpha value is -1.93. The molecule has 3 heterocycles. The summed E-state index contributed by atoms with van der Waals surface area (Å²) in [4.78, 5) is 30.6. The van der Waals surface area contributed by atoms with Crippen molar-refractivity contribution in [2.45, 2.75) is 120 Å². The van der Waals surface area contributed by atoms with Crippen LogP contribution in [0.2, 0.25) is 0 Å². The van der Waals surface area contributed by atoms with Crippen LogP contribution in [0, 0.1) is 11.8 Å². The smallest absolute Gasteiger partial charge is 0.356 e. The Bertz CT molecular complexity index is 918. The quantitative estimate of drug-likeness (QED) is 0.451. The summed E-state index contributed by atoms with van der Waals surface area (Å²) < 4.78 is 2.01. The number of aromatic nitrogens is 2. The number of carboxylic acid groups (broad SMARTS) is 1. The van der Waals surface area contributed by atoms with Crippen LogP contribution in [0.25, 0.3) is 0 Å². The number of fused-ring (bicyclic) bond motifs is 1. The predicted octanol–water partition coefficient (Wildman–Crippen LogP) is 4.02. The van der Waals surface area contributed by atoms with Crippen LogP contribution in [0.1, 0.15) is 124 Å². The molecule has 4 aliphatic rings. The molecule has 8 heteroatoms. The Morgan fingerprint density at radius 3 is 2.53 bits per heavy atom. The number of rotatable bonds is 7. The Balaban J connectivity index is 1.40. The van der Waals surface area contributed by atoms with E-state index in [0.29, 0.717) is 29.7 Å². The largest absolute Gasteiger partial charge is 0.476 e. The molecule has 0 bridgehead atoms. The Labute approximate surface area is 215 Å². The molecule has 200 valence electrons. The van der Waals surface area contributed by atoms with Crippen LogP contribution in [0.15, 0.2) is 0 Å². The fraction of sp³-hybridized carbons (Fsp3) is 0.821. The minimum absolute atomic E-state index is 0.0399. The number of hydrogen-bond donors (Lipinski definition) is 4. The second-order valence-corrected chi connectivity index (χ2v) is 12.1. The Kier molecular flexibility index (Phi) is 8.01. The average Bonchev–Trinajstić information content (AvgIpc) is 3.46. The van der Waals surface area contributed by atoms with Gasteiger partial charge in [0.1, 0.15) is 5.82 Å². The van der Waals surface area contributed by atoms with Gasteiger partial charge in [-0.25, -0.2) is 9.78 Å². The maximum Gasteiger partial charge on any atom is 0.356 e. The van der Waals surface area contributed by atoms with Crippen molar-refractivity contribution >= 4 is 11.9 Å². The van der Waals surface area contributed by atoms with Crippen molar-refractivity contribution in [3.05, 3.63) is 17.2 Å². The fourth-order valence-electron chi connectivity index (χ4n) is 7.43. The molecule has 8 nitrogen and oxygen atoms in total. The average molecular weight is 500 g/mol. The summed E-state index contributed by atoms with van der Waals surface area (Å²) in [5, 5.41) is 20.6. The molecule has 4 N–H and O–H groups in total. The number of amides is 1. The highest BCUT2D eigenvalue weighted by atomic mass is 16.4. The Morgan fingerprint density at radius 1 is 1.08 bits per heavy atom. The summed E-state index contributed by atoms with van der Waals surface area (Å²) >= 11 is 0. The van der Waals surface area contributed by atoms with E-state index in [1.165, 1.54) is 32.1 Å². The highest BCUT2D eigenvalue weighted by molar-refractivity contribution is 5.87. The minimum atomic E-state index is -0.965. The summed E-state index contributed by atoms with van der Waals surface area (Å²) in [5.41, 5.74) is 1.01. The summed E-state index contributed by atoms with van der Waals surface area (Å²) in [6.07, 6.45) is 14.2. The maximum atomic E-state index is 13.5. The van der Waals surface area contributed by atoms with Crippen LogP contribution in [-0.2, 0) is 11.8 Å². The predicted molar refractivity (Wildman–Crippen MR) is 139 cm³/mol. The lowest BCUT2D eigenvalue weighted by Gasteiger charge is -2.30. The molecule has 1 amide bonds. The SMILES string of the molecule is CC1CCC(c2c(C(=O)O)nc([C@H](CC3CCCCN3)NC(=O)C3CC4CCCCC4N3)n2C)CC1. The van der Waals surface area contributed by atoms with Gasteiger partial charge in [-0.2, -0.15) is 0 Å². The van der Waals surface area contributed by atoms with Gasteiger partial charge < -0.3 is 25.6 Å². The molecule has 4 fully saturated rings. The number of nitrogens with zero attached hydrogens (tertiary/aromatic N) is 2. The number of imidazole rings is 1. The molecule has 2 saturated carbocycles. The van der Waals surface area contributed by atoms with E-state index in [9.17, 15) is 14.7 Å². The first-order chi connectivity index (χ1) is 17.4. The van der Waals surface area contributed by atoms with Crippen molar-refractivity contribution in [3.8, 4) is 0 Å². The lowest BCUT2D eigenvalue weighted by molar-refractivity contribution is -0.123. The second kappa shape index (κ2) is 11.2. The van der Waals surface area contributed by atoms with E-state index in [1.807, 2.05) is 11.6 Å². The van der Waals surface area contributed by atoms with E-state index in [2.05, 4.69) is 22.9 Å². The van der Waals surface area contributed by atoms with Gasteiger partial charge in [-0.1, -0.05) is 39.0 Å². The molecular formula is C28H45N5O3. The second-order valence-electron chi connectivity index (χ2n) is 12.1. The number of hydrogen-bond acceptors (Lipinski definition) is 5. The van der Waals surface area contributed by atoms with Crippen LogP contribution in [0.4, 0.5) is 0 Å². The Morgan fingerprint density at radius 2 is 1.83 bits per heavy atom. The summed E-state index contributed by atoms with van der Waals surface area (Å²) in [6, 6.07) is 0.280. The van der Waals surface area contributed by atoms with Crippen molar-refractivity contribution in [1.29, 1.82) is 0 Å². The zero-order valence-corrected chi connectivity index (χ0v) is 22.1. The van der Waals surface area contributed by atoms with Gasteiger partial charge in [0.25, 0.3) is 0 Å². The molecule has 2 saturated heterocycles. The van der Waals surface area contributed by atoms with Gasteiger partial charge in [0.05, 0.1) is 17.8 Å². The first-order valence-electron chi connectivity index (χ1n) is 14.5. The summed E-state index contributed by atoms with van der Waals surface area (Å²) in [6.45, 7) is 3.27. The highest BCUT2D eigenvalue weighted by Crippen LogP contribution is 2.38. The third-order valence-corrected chi connectivity index (χ3v) is 9.52. The van der Waals surface area contributed by atoms with E-state index in [-0.39, 0.29) is 29.6 Å². The van der Waals surface area contributed by atoms with E-state index in [0.717, 1.165) is 63.6 Å². The number of aromatic carboxylic acids is 1. The molecule has 36 heavy (non-hydrogen) atoms. The number of nitrogens with one attached hydrogen (secondary N) is 3. The van der Waals surface area contributed by atoms with Crippen LogP contribution < -0.4 is 16.0 Å². The van der Waals surface area contributed by atoms with Crippen LogP contribution in [0.3, 0.4) is 0 Å². The highest BCUT2D eigenvalue weighted by Gasteiger charge is 2.40. The van der Waals surface area contributed by atoms with Crippen molar-refractivity contribution in [3.63, 3.8) is 0 Å². The minimum Gasteiger partial charge on any atom is -0.476 e. The van der Waals surface area contributed by atoms with Crippen LogP contribution in [-0.4, -0.2) is 51.2 Å². The van der Waals surface area contributed by atoms with Gasteiger partial charge in [0.2, 0.25) is 5.91 Å². The number of carboxylic acids is 1. The van der Waals surface area contributed by atoms with E-state index < -0.39 is 5.97 Å². The zero-order valence-electron chi connectivity index (χ0n) is 22.1. The normalized spacial score (nSPS) is 33.6. The van der Waals surface area contributed by atoms with Crippen molar-refractivity contribution in [2.75, 3.05) is 6.54 Å². The van der Waals surface area contributed by atoms with Gasteiger partial charge >= 0.3 is 5.97 Å². The van der Waals surface area contributed by atoms with Crippen LogP contribution >= 0.6 is 0 Å². The molecule has 1 aromatic heterocycles. The fourth-order valence-corrected chi connectivity index (χ4v) is 7.43. The van der Waals surface area contributed by atoms with Crippen molar-refractivity contribution in [1.82, 2.24) is 25.5 Å². The third-order valence-electron chi connectivity index (χ3n) is 9.52. The maximum absolute atomic E-state index is 13.5. The molecular weight excluding hydrogens is 454 g/mol. The van der Waals surface area contributed by atoms with Gasteiger partial charge in [-0.3, -0.25) is 4.79 Å². The number of carbonyl (C=O) groups is 2. The molecule has 0 spiro atoms. The topological polar surface area (TPSA) is 108 Å². The molecule has 5 rings (SSSR count). The third kappa shape index (κ3) is 5.49. The summed E-state index contributed by atoms with van der Waals surface area (Å²) in [5.74, 6) is 1.26. The van der Waals surface area contributed by atoms with Gasteiger partial charge in [0, 0.05) is 25.0 Å². The van der Waals surface area contributed by atoms with Gasteiger partial charge in [0.15, 0.2) is 5.69 Å².